The highest BCUT2D eigenvalue weighted by Gasteiger charge is 2.30. The van der Waals surface area contributed by atoms with Crippen molar-refractivity contribution in [2.75, 3.05) is 24.6 Å². The van der Waals surface area contributed by atoms with Gasteiger partial charge in [-0.05, 0) is 11.6 Å². The Morgan fingerprint density at radius 2 is 2.00 bits per heavy atom. The second-order valence-corrected chi connectivity index (χ2v) is 5.32. The van der Waals surface area contributed by atoms with E-state index in [-0.39, 0.29) is 31.5 Å². The molecule has 1 aromatic carbocycles. The largest absolute Gasteiger partial charge is 0.395 e. The molecule has 0 saturated carbocycles. The molecule has 5 nitrogen and oxygen atoms in total. The third kappa shape index (κ3) is 2.61. The van der Waals surface area contributed by atoms with Gasteiger partial charge in [-0.15, -0.1) is 0 Å². The Balaban J connectivity index is 2.44. The molecule has 1 fully saturated rings. The van der Waals surface area contributed by atoms with Crippen molar-refractivity contribution in [3.05, 3.63) is 29.8 Å². The van der Waals surface area contributed by atoms with E-state index in [9.17, 15) is 14.7 Å². The van der Waals surface area contributed by atoms with Gasteiger partial charge in [-0.25, -0.2) is 0 Å². The minimum atomic E-state index is -0.467. The summed E-state index contributed by atoms with van der Waals surface area (Å²) >= 11 is 0. The predicted molar refractivity (Wildman–Crippen MR) is 71.9 cm³/mol. The van der Waals surface area contributed by atoms with E-state index < -0.39 is 5.41 Å². The second-order valence-electron chi connectivity index (χ2n) is 5.32. The lowest BCUT2D eigenvalue weighted by molar-refractivity contribution is -0.128. The summed E-state index contributed by atoms with van der Waals surface area (Å²) in [7, 11) is 0. The van der Waals surface area contributed by atoms with E-state index in [1.807, 2.05) is 38.1 Å². The fourth-order valence-corrected chi connectivity index (χ4v) is 2.14. The first-order valence-corrected chi connectivity index (χ1v) is 6.23. The monoisotopic (exact) mass is 262 g/mol. The molecule has 1 aliphatic rings. The van der Waals surface area contributed by atoms with Crippen molar-refractivity contribution in [3.63, 3.8) is 0 Å². The predicted octanol–water partition coefficient (Wildman–Crippen LogP) is 0.419. The van der Waals surface area contributed by atoms with E-state index in [2.05, 4.69) is 5.32 Å². The zero-order valence-electron chi connectivity index (χ0n) is 11.1. The molecule has 1 saturated heterocycles. The highest BCUT2D eigenvalue weighted by Crippen LogP contribution is 2.32. The maximum atomic E-state index is 12.0. The van der Waals surface area contributed by atoms with Crippen LogP contribution in [0.3, 0.4) is 0 Å². The van der Waals surface area contributed by atoms with Crippen LogP contribution in [0, 0.1) is 0 Å². The normalized spacial score (nSPS) is 16.5. The second kappa shape index (κ2) is 5.01. The summed E-state index contributed by atoms with van der Waals surface area (Å²) in [4.78, 5) is 24.9. The number of benzene rings is 1. The molecular weight excluding hydrogens is 244 g/mol. The molecule has 0 bridgehead atoms. The third-order valence-corrected chi connectivity index (χ3v) is 3.36. The van der Waals surface area contributed by atoms with Crippen molar-refractivity contribution in [1.29, 1.82) is 0 Å². The van der Waals surface area contributed by atoms with Gasteiger partial charge in [0.15, 0.2) is 0 Å². The van der Waals surface area contributed by atoms with Crippen molar-refractivity contribution in [2.24, 2.45) is 0 Å². The van der Waals surface area contributed by atoms with Crippen LogP contribution in [0.5, 0.6) is 0 Å². The lowest BCUT2D eigenvalue weighted by Gasteiger charge is -2.33. The van der Waals surface area contributed by atoms with Gasteiger partial charge in [0.1, 0.15) is 6.54 Å². The average Bonchev–Trinajstić information content (AvgIpc) is 2.41. The Bertz CT molecular complexity index is 511. The average molecular weight is 262 g/mol. The number of aliphatic hydroxyl groups excluding tert-OH is 1. The molecule has 0 aliphatic carbocycles. The van der Waals surface area contributed by atoms with Crippen LogP contribution in [-0.4, -0.2) is 36.6 Å². The summed E-state index contributed by atoms with van der Waals surface area (Å²) in [6, 6.07) is 7.38. The molecule has 0 radical (unpaired) electrons. The Kier molecular flexibility index (Phi) is 3.57. The first-order chi connectivity index (χ1) is 8.95. The van der Waals surface area contributed by atoms with Gasteiger partial charge in [0.25, 0.3) is 0 Å². The molecular formula is C14H18N2O3. The van der Waals surface area contributed by atoms with Crippen molar-refractivity contribution >= 4 is 17.5 Å². The van der Waals surface area contributed by atoms with E-state index in [0.29, 0.717) is 5.69 Å². The molecule has 1 heterocycles. The summed E-state index contributed by atoms with van der Waals surface area (Å²) in [5, 5.41) is 12.0. The van der Waals surface area contributed by atoms with Crippen molar-refractivity contribution in [3.8, 4) is 0 Å². The quantitative estimate of drug-likeness (QED) is 0.829. The number of piperazine rings is 1. The molecule has 0 unspecified atom stereocenters. The third-order valence-electron chi connectivity index (χ3n) is 3.36. The first-order valence-electron chi connectivity index (χ1n) is 6.23. The van der Waals surface area contributed by atoms with Crippen molar-refractivity contribution in [1.82, 2.24) is 5.32 Å². The maximum Gasteiger partial charge on any atom is 0.246 e. The van der Waals surface area contributed by atoms with Crippen LogP contribution in [0.4, 0.5) is 5.69 Å². The number of hydrogen-bond acceptors (Lipinski definition) is 3. The number of carbonyl (C=O) groups is 2. The van der Waals surface area contributed by atoms with Crippen LogP contribution in [0.1, 0.15) is 19.4 Å². The molecule has 1 aromatic rings. The Morgan fingerprint density at radius 3 is 2.68 bits per heavy atom. The molecule has 0 atom stereocenters. The van der Waals surface area contributed by atoms with Crippen LogP contribution >= 0.6 is 0 Å². The molecule has 102 valence electrons. The van der Waals surface area contributed by atoms with E-state index in [4.69, 9.17) is 0 Å². The van der Waals surface area contributed by atoms with Gasteiger partial charge in [0.05, 0.1) is 13.2 Å². The molecule has 2 N–H and O–H groups in total. The van der Waals surface area contributed by atoms with Gasteiger partial charge in [0, 0.05) is 11.1 Å². The summed E-state index contributed by atoms with van der Waals surface area (Å²) in [5.74, 6) is -0.308. The highest BCUT2D eigenvalue weighted by molar-refractivity contribution is 6.05. The summed E-state index contributed by atoms with van der Waals surface area (Å²) in [6.45, 7) is 3.82. The van der Waals surface area contributed by atoms with Crippen LogP contribution in [0.15, 0.2) is 24.3 Å². The molecule has 0 aromatic heterocycles. The van der Waals surface area contributed by atoms with Crippen LogP contribution in [0.2, 0.25) is 0 Å². The maximum absolute atomic E-state index is 12.0. The van der Waals surface area contributed by atoms with Gasteiger partial charge < -0.3 is 15.3 Å². The number of anilines is 1. The minimum absolute atomic E-state index is 0.0206. The molecule has 1 aliphatic heterocycles. The van der Waals surface area contributed by atoms with Gasteiger partial charge >= 0.3 is 0 Å². The molecule has 5 heteroatoms. The fourth-order valence-electron chi connectivity index (χ4n) is 2.14. The summed E-state index contributed by atoms with van der Waals surface area (Å²) in [5.41, 5.74) is 1.09. The number of rotatable bonds is 3. The topological polar surface area (TPSA) is 69.6 Å². The number of hydrogen-bond donors (Lipinski definition) is 2. The Labute approximate surface area is 112 Å². The van der Waals surface area contributed by atoms with E-state index >= 15 is 0 Å². The van der Waals surface area contributed by atoms with Gasteiger partial charge in [0.2, 0.25) is 11.8 Å². The minimum Gasteiger partial charge on any atom is -0.395 e. The zero-order valence-corrected chi connectivity index (χ0v) is 11.1. The van der Waals surface area contributed by atoms with E-state index in [1.165, 1.54) is 4.90 Å². The highest BCUT2D eigenvalue weighted by atomic mass is 16.3. The molecule has 0 spiro atoms. The zero-order chi connectivity index (χ0) is 14.0. The Hall–Kier alpha value is -1.88. The molecule has 2 rings (SSSR count). The number of nitrogens with zero attached hydrogens (tertiary/aromatic N) is 1. The van der Waals surface area contributed by atoms with Crippen LogP contribution in [-0.2, 0) is 15.0 Å². The first kappa shape index (κ1) is 13.5. The van der Waals surface area contributed by atoms with Crippen molar-refractivity contribution in [2.45, 2.75) is 19.3 Å². The van der Waals surface area contributed by atoms with Gasteiger partial charge in [-0.2, -0.15) is 0 Å². The fraction of sp³-hybridized carbons (Fsp3) is 0.429. The number of carbonyl (C=O) groups excluding carboxylic acids is 2. The van der Waals surface area contributed by atoms with E-state index in [0.717, 1.165) is 5.56 Å². The SMILES string of the molecule is CC(C)(CO)c1ccccc1N1CC(=O)NCC1=O. The number of amides is 2. The standard InChI is InChI=1S/C14H18N2O3/c1-14(2,9-17)10-5-3-4-6-11(10)16-8-12(18)15-7-13(16)19/h3-6,17H,7-9H2,1-2H3,(H,15,18). The lowest BCUT2D eigenvalue weighted by Crippen LogP contribution is -2.52. The number of para-hydroxylation sites is 1. The molecule has 19 heavy (non-hydrogen) atoms. The van der Waals surface area contributed by atoms with Crippen LogP contribution in [0.25, 0.3) is 0 Å². The van der Waals surface area contributed by atoms with Gasteiger partial charge in [-0.3, -0.25) is 9.59 Å². The van der Waals surface area contributed by atoms with Crippen LogP contribution < -0.4 is 10.2 Å². The summed E-state index contributed by atoms with van der Waals surface area (Å²) < 4.78 is 0. The van der Waals surface area contributed by atoms with Crippen molar-refractivity contribution < 1.29 is 14.7 Å². The number of aliphatic hydroxyl groups is 1. The Morgan fingerprint density at radius 1 is 1.32 bits per heavy atom. The molecule has 2 amide bonds. The smallest absolute Gasteiger partial charge is 0.246 e. The lowest BCUT2D eigenvalue weighted by atomic mass is 9.84. The summed E-state index contributed by atoms with van der Waals surface area (Å²) in [6.07, 6.45) is 0. The number of nitrogens with one attached hydrogen (secondary N) is 1. The van der Waals surface area contributed by atoms with E-state index in [1.54, 1.807) is 0 Å². The van der Waals surface area contributed by atoms with Gasteiger partial charge in [-0.1, -0.05) is 32.0 Å².